The first-order chi connectivity index (χ1) is 16.6. The van der Waals surface area contributed by atoms with E-state index in [0.29, 0.717) is 34.3 Å². The largest absolute Gasteiger partial charge is 0.492 e. The highest BCUT2D eigenvalue weighted by atomic mass is 35.5. The van der Waals surface area contributed by atoms with Crippen molar-refractivity contribution < 1.29 is 19.1 Å². The van der Waals surface area contributed by atoms with Crippen molar-refractivity contribution in [3.63, 3.8) is 0 Å². The highest BCUT2D eigenvalue weighted by Crippen LogP contribution is 2.28. The third-order valence-electron chi connectivity index (χ3n) is 4.86. The number of para-hydroxylation sites is 1. The van der Waals surface area contributed by atoms with Gasteiger partial charge in [0.25, 0.3) is 5.91 Å². The van der Waals surface area contributed by atoms with Crippen LogP contribution >= 0.6 is 11.6 Å². The Morgan fingerprint density at radius 3 is 2.31 bits per heavy atom. The minimum absolute atomic E-state index is 0.247. The quantitative estimate of drug-likeness (QED) is 0.308. The Morgan fingerprint density at radius 1 is 0.914 bits per heavy atom. The molecule has 2 amide bonds. The number of rotatable bonds is 8. The number of anilines is 3. The van der Waals surface area contributed by atoms with Crippen molar-refractivity contribution in [2.75, 3.05) is 23.8 Å². The number of nitrogens with one attached hydrogen (secondary N) is 3. The zero-order valence-corrected chi connectivity index (χ0v) is 21.0. The smallest absolute Gasteiger partial charge is 0.407 e. The van der Waals surface area contributed by atoms with Gasteiger partial charge in [-0.25, -0.2) is 4.79 Å². The van der Waals surface area contributed by atoms with Gasteiger partial charge in [-0.05, 0) is 81.8 Å². The number of carbonyl (C=O) groups excluding carboxylic acids is 2. The Bertz CT molecular complexity index is 1170. The Hall–Kier alpha value is -3.71. The lowest BCUT2D eigenvalue weighted by Crippen LogP contribution is -2.34. The van der Waals surface area contributed by atoms with Crippen LogP contribution in [0.3, 0.4) is 0 Å². The summed E-state index contributed by atoms with van der Waals surface area (Å²) in [5, 5.41) is 9.50. The molecule has 0 saturated carbocycles. The van der Waals surface area contributed by atoms with Crippen molar-refractivity contribution in [3.05, 3.63) is 82.9 Å². The summed E-state index contributed by atoms with van der Waals surface area (Å²) < 4.78 is 10.8. The highest BCUT2D eigenvalue weighted by Gasteiger charge is 2.16. The van der Waals surface area contributed by atoms with Crippen LogP contribution in [0.2, 0.25) is 5.02 Å². The Labute approximate surface area is 210 Å². The second-order valence-corrected chi connectivity index (χ2v) is 9.25. The summed E-state index contributed by atoms with van der Waals surface area (Å²) in [6.45, 7) is 7.93. The molecule has 0 saturated heterocycles. The van der Waals surface area contributed by atoms with E-state index in [0.717, 1.165) is 11.3 Å². The summed E-state index contributed by atoms with van der Waals surface area (Å²) in [5.74, 6) is 0.371. The minimum atomic E-state index is -0.546. The molecule has 0 bridgehead atoms. The van der Waals surface area contributed by atoms with Crippen LogP contribution < -0.4 is 20.7 Å². The van der Waals surface area contributed by atoms with Gasteiger partial charge >= 0.3 is 6.09 Å². The van der Waals surface area contributed by atoms with Crippen LogP contribution in [-0.2, 0) is 4.74 Å². The first kappa shape index (κ1) is 25.9. The molecule has 3 rings (SSSR count). The van der Waals surface area contributed by atoms with Crippen LogP contribution in [0.15, 0.2) is 66.7 Å². The number of halogens is 1. The van der Waals surface area contributed by atoms with Crippen LogP contribution in [0.25, 0.3) is 0 Å². The summed E-state index contributed by atoms with van der Waals surface area (Å²) in [7, 11) is 0. The van der Waals surface area contributed by atoms with Gasteiger partial charge in [0.05, 0.1) is 17.8 Å². The van der Waals surface area contributed by atoms with E-state index in [1.165, 1.54) is 0 Å². The molecular formula is C27H30ClN3O4. The fourth-order valence-corrected chi connectivity index (χ4v) is 3.32. The normalized spacial score (nSPS) is 10.9. The van der Waals surface area contributed by atoms with Crippen molar-refractivity contribution in [3.8, 4) is 5.75 Å². The summed E-state index contributed by atoms with van der Waals surface area (Å²) in [5.41, 5.74) is 2.99. The summed E-state index contributed by atoms with van der Waals surface area (Å²) in [6, 6.07) is 19.9. The third-order valence-corrected chi connectivity index (χ3v) is 5.27. The molecule has 3 aromatic rings. The van der Waals surface area contributed by atoms with Crippen molar-refractivity contribution >= 4 is 40.7 Å². The molecule has 7 nitrogen and oxygen atoms in total. The Kier molecular flexibility index (Phi) is 8.60. The SMILES string of the molecule is Cc1c(Cl)cccc1Nc1ccccc1C(=O)Nc1ccc(OCCNC(=O)OC(C)(C)C)cc1. The van der Waals surface area contributed by atoms with E-state index >= 15 is 0 Å². The van der Waals surface area contributed by atoms with Gasteiger partial charge in [-0.1, -0.05) is 29.8 Å². The second kappa shape index (κ2) is 11.6. The zero-order valence-electron chi connectivity index (χ0n) is 20.3. The minimum Gasteiger partial charge on any atom is -0.492 e. The average molecular weight is 496 g/mol. The van der Waals surface area contributed by atoms with Gasteiger partial charge in [0, 0.05) is 16.4 Å². The molecule has 0 unspecified atom stereocenters. The number of benzene rings is 3. The topological polar surface area (TPSA) is 88.7 Å². The van der Waals surface area contributed by atoms with E-state index in [4.69, 9.17) is 21.1 Å². The molecule has 35 heavy (non-hydrogen) atoms. The lowest BCUT2D eigenvalue weighted by atomic mass is 10.1. The predicted octanol–water partition coefficient (Wildman–Crippen LogP) is 6.55. The molecule has 0 aliphatic heterocycles. The van der Waals surface area contributed by atoms with Gasteiger partial charge in [-0.3, -0.25) is 4.79 Å². The van der Waals surface area contributed by atoms with Crippen LogP contribution in [0.1, 0.15) is 36.7 Å². The Balaban J connectivity index is 1.55. The molecule has 0 radical (unpaired) electrons. The van der Waals surface area contributed by atoms with E-state index in [1.54, 1.807) is 51.1 Å². The lowest BCUT2D eigenvalue weighted by molar-refractivity contribution is 0.0520. The number of amides is 2. The van der Waals surface area contributed by atoms with Crippen LogP contribution in [0, 0.1) is 6.92 Å². The van der Waals surface area contributed by atoms with Crippen molar-refractivity contribution in [1.29, 1.82) is 0 Å². The van der Waals surface area contributed by atoms with E-state index in [1.807, 2.05) is 43.3 Å². The van der Waals surface area contributed by atoms with E-state index in [9.17, 15) is 9.59 Å². The third kappa shape index (κ3) is 7.93. The monoisotopic (exact) mass is 495 g/mol. The molecule has 0 aromatic heterocycles. The molecule has 0 spiro atoms. The lowest BCUT2D eigenvalue weighted by Gasteiger charge is -2.19. The van der Waals surface area contributed by atoms with E-state index in [2.05, 4.69) is 16.0 Å². The first-order valence-electron chi connectivity index (χ1n) is 11.2. The number of ether oxygens (including phenoxy) is 2. The maximum Gasteiger partial charge on any atom is 0.407 e. The maximum absolute atomic E-state index is 13.0. The maximum atomic E-state index is 13.0. The molecule has 8 heteroatoms. The predicted molar refractivity (Wildman–Crippen MR) is 140 cm³/mol. The second-order valence-electron chi connectivity index (χ2n) is 8.84. The fourth-order valence-electron chi connectivity index (χ4n) is 3.15. The molecule has 0 heterocycles. The first-order valence-corrected chi connectivity index (χ1v) is 11.6. The summed E-state index contributed by atoms with van der Waals surface area (Å²) >= 11 is 6.23. The van der Waals surface area contributed by atoms with Gasteiger partial charge in [0.15, 0.2) is 0 Å². The van der Waals surface area contributed by atoms with Crippen LogP contribution in [-0.4, -0.2) is 30.8 Å². The fraction of sp³-hybridized carbons (Fsp3) is 0.259. The van der Waals surface area contributed by atoms with Crippen molar-refractivity contribution in [2.45, 2.75) is 33.3 Å². The van der Waals surface area contributed by atoms with Gasteiger partial charge in [-0.2, -0.15) is 0 Å². The molecule has 0 aliphatic carbocycles. The van der Waals surface area contributed by atoms with Crippen LogP contribution in [0.5, 0.6) is 5.75 Å². The average Bonchev–Trinajstić information content (AvgIpc) is 2.80. The molecule has 0 aliphatic rings. The van der Waals surface area contributed by atoms with Gasteiger partial charge < -0.3 is 25.4 Å². The highest BCUT2D eigenvalue weighted by molar-refractivity contribution is 6.31. The molecule has 0 fully saturated rings. The van der Waals surface area contributed by atoms with Crippen molar-refractivity contribution in [2.24, 2.45) is 0 Å². The molecule has 0 atom stereocenters. The molecular weight excluding hydrogens is 466 g/mol. The molecule has 3 N–H and O–H groups in total. The number of alkyl carbamates (subject to hydrolysis) is 1. The number of hydrogen-bond acceptors (Lipinski definition) is 5. The standard InChI is InChI=1S/C27H30ClN3O4/c1-18-22(28)9-7-11-23(18)31-24-10-6-5-8-21(24)25(32)30-19-12-14-20(15-13-19)34-17-16-29-26(33)35-27(2,3)4/h5-15,31H,16-17H2,1-4H3,(H,29,33)(H,30,32). The number of hydrogen-bond donors (Lipinski definition) is 3. The zero-order chi connectivity index (χ0) is 25.4. The molecule has 3 aromatic carbocycles. The summed E-state index contributed by atoms with van der Waals surface area (Å²) in [4.78, 5) is 24.6. The number of carbonyl (C=O) groups is 2. The summed E-state index contributed by atoms with van der Waals surface area (Å²) in [6.07, 6.45) is -0.487. The van der Waals surface area contributed by atoms with Gasteiger partial charge in [-0.15, -0.1) is 0 Å². The molecule has 184 valence electrons. The Morgan fingerprint density at radius 2 is 1.60 bits per heavy atom. The van der Waals surface area contributed by atoms with Gasteiger partial charge in [0.1, 0.15) is 18.0 Å². The van der Waals surface area contributed by atoms with Crippen LogP contribution in [0.4, 0.5) is 21.9 Å². The van der Waals surface area contributed by atoms with E-state index < -0.39 is 11.7 Å². The van der Waals surface area contributed by atoms with Gasteiger partial charge in [0.2, 0.25) is 0 Å². The van der Waals surface area contributed by atoms with E-state index in [-0.39, 0.29) is 12.5 Å². The van der Waals surface area contributed by atoms with Crippen molar-refractivity contribution in [1.82, 2.24) is 5.32 Å².